The minimum absolute atomic E-state index is 0.0482. The van der Waals surface area contributed by atoms with Crippen molar-refractivity contribution in [3.8, 4) is 0 Å². The second-order valence-corrected chi connectivity index (χ2v) is 3.76. The molecule has 13 heavy (non-hydrogen) atoms. The first kappa shape index (κ1) is 10.5. The summed E-state index contributed by atoms with van der Waals surface area (Å²) in [6.07, 6.45) is 1.86. The first-order valence-corrected chi connectivity index (χ1v) is 4.80. The molecule has 0 atom stereocenters. The molecule has 1 saturated heterocycles. The molecule has 1 amide bonds. The van der Waals surface area contributed by atoms with Gasteiger partial charge in [-0.1, -0.05) is 0 Å². The molecule has 1 heterocycles. The van der Waals surface area contributed by atoms with E-state index in [0.717, 1.165) is 25.9 Å². The van der Waals surface area contributed by atoms with Crippen LogP contribution in [0.1, 0.15) is 26.7 Å². The van der Waals surface area contributed by atoms with Crippen molar-refractivity contribution in [1.29, 1.82) is 0 Å². The topological polar surface area (TPSA) is 55.6 Å². The van der Waals surface area contributed by atoms with Gasteiger partial charge in [0, 0.05) is 19.0 Å². The van der Waals surface area contributed by atoms with E-state index in [1.54, 1.807) is 0 Å². The Balaban J connectivity index is 2.26. The summed E-state index contributed by atoms with van der Waals surface area (Å²) in [7, 11) is 0. The van der Waals surface area contributed by atoms with Crippen LogP contribution in [0, 0.1) is 5.92 Å². The van der Waals surface area contributed by atoms with Crippen molar-refractivity contribution in [2.75, 3.05) is 13.1 Å². The van der Waals surface area contributed by atoms with E-state index >= 15 is 0 Å². The lowest BCUT2D eigenvalue weighted by Crippen LogP contribution is -2.39. The number of primary amides is 1. The van der Waals surface area contributed by atoms with Crippen LogP contribution in [0.5, 0.6) is 0 Å². The molecular formula is C9H18N2O2. The van der Waals surface area contributed by atoms with Crippen molar-refractivity contribution in [3.05, 3.63) is 0 Å². The Hall–Kier alpha value is -0.610. The Morgan fingerprint density at radius 2 is 2.00 bits per heavy atom. The van der Waals surface area contributed by atoms with Crippen LogP contribution in [0.25, 0.3) is 0 Å². The number of carbonyl (C=O) groups excluding carboxylic acids is 1. The van der Waals surface area contributed by atoms with Crippen LogP contribution in [0.3, 0.4) is 0 Å². The fraction of sp³-hybridized carbons (Fsp3) is 0.889. The number of hydrogen-bond acceptors (Lipinski definition) is 3. The second-order valence-electron chi connectivity index (χ2n) is 3.76. The number of nitrogens with two attached hydrogens (primary N) is 1. The second kappa shape index (κ2) is 4.58. The van der Waals surface area contributed by atoms with Gasteiger partial charge in [0.15, 0.2) is 0 Å². The maximum absolute atomic E-state index is 10.8. The fourth-order valence-corrected chi connectivity index (χ4v) is 1.54. The van der Waals surface area contributed by atoms with Gasteiger partial charge in [0.25, 0.3) is 0 Å². The molecule has 1 aliphatic heterocycles. The van der Waals surface area contributed by atoms with E-state index in [1.807, 2.05) is 18.9 Å². The first-order valence-electron chi connectivity index (χ1n) is 4.80. The highest BCUT2D eigenvalue weighted by Gasteiger charge is 2.23. The lowest BCUT2D eigenvalue weighted by molar-refractivity contribution is -0.200. The van der Waals surface area contributed by atoms with Crippen molar-refractivity contribution in [3.63, 3.8) is 0 Å². The highest BCUT2D eigenvalue weighted by Crippen LogP contribution is 2.17. The van der Waals surface area contributed by atoms with Gasteiger partial charge in [-0.25, -0.2) is 0 Å². The summed E-state index contributed by atoms with van der Waals surface area (Å²) in [4.78, 5) is 16.3. The molecule has 1 rings (SSSR count). The zero-order valence-electron chi connectivity index (χ0n) is 8.32. The number of piperidine rings is 1. The minimum Gasteiger partial charge on any atom is -0.369 e. The molecule has 0 aromatic rings. The predicted octanol–water partition coefficient (Wildman–Crippen LogP) is 0.524. The number of amides is 1. The molecule has 0 radical (unpaired) electrons. The monoisotopic (exact) mass is 186 g/mol. The number of hydroxylamine groups is 2. The zero-order valence-corrected chi connectivity index (χ0v) is 8.32. The third-order valence-corrected chi connectivity index (χ3v) is 2.22. The molecule has 4 nitrogen and oxygen atoms in total. The van der Waals surface area contributed by atoms with E-state index in [4.69, 9.17) is 10.6 Å². The molecule has 76 valence electrons. The summed E-state index contributed by atoms with van der Waals surface area (Å²) < 4.78 is 0. The molecule has 0 aromatic heterocycles. The number of rotatable bonds is 3. The van der Waals surface area contributed by atoms with Crippen LogP contribution in [0.2, 0.25) is 0 Å². The molecule has 1 aliphatic rings. The fourth-order valence-electron chi connectivity index (χ4n) is 1.54. The maximum atomic E-state index is 10.8. The van der Waals surface area contributed by atoms with Crippen LogP contribution >= 0.6 is 0 Å². The summed E-state index contributed by atoms with van der Waals surface area (Å²) in [6, 6.07) is 0. The van der Waals surface area contributed by atoms with Crippen LogP contribution in [-0.2, 0) is 9.63 Å². The molecule has 0 aliphatic carbocycles. The van der Waals surface area contributed by atoms with Gasteiger partial charge in [-0.05, 0) is 26.7 Å². The van der Waals surface area contributed by atoms with Gasteiger partial charge >= 0.3 is 0 Å². The smallest absolute Gasteiger partial charge is 0.220 e. The highest BCUT2D eigenvalue weighted by atomic mass is 16.7. The van der Waals surface area contributed by atoms with Crippen molar-refractivity contribution in [2.24, 2.45) is 11.7 Å². The zero-order chi connectivity index (χ0) is 9.84. The lowest BCUT2D eigenvalue weighted by atomic mass is 9.97. The van der Waals surface area contributed by atoms with Crippen LogP contribution in [0.15, 0.2) is 0 Å². The van der Waals surface area contributed by atoms with E-state index in [1.165, 1.54) is 0 Å². The lowest BCUT2D eigenvalue weighted by Gasteiger charge is -2.30. The van der Waals surface area contributed by atoms with Crippen molar-refractivity contribution < 1.29 is 9.63 Å². The molecule has 0 aromatic carbocycles. The molecule has 2 N–H and O–H groups in total. The quantitative estimate of drug-likeness (QED) is 0.699. The minimum atomic E-state index is -0.177. The normalized spacial score (nSPS) is 20.8. The number of nitrogens with zero attached hydrogens (tertiary/aromatic N) is 1. The van der Waals surface area contributed by atoms with Gasteiger partial charge in [-0.2, -0.15) is 5.06 Å². The Morgan fingerprint density at radius 3 is 2.38 bits per heavy atom. The molecule has 0 spiro atoms. The van der Waals surface area contributed by atoms with Gasteiger partial charge in [0.05, 0.1) is 6.10 Å². The van der Waals surface area contributed by atoms with E-state index < -0.39 is 0 Å². The van der Waals surface area contributed by atoms with Crippen LogP contribution < -0.4 is 5.73 Å². The summed E-state index contributed by atoms with van der Waals surface area (Å²) in [6.45, 7) is 5.62. The van der Waals surface area contributed by atoms with Crippen molar-refractivity contribution >= 4 is 5.91 Å². The van der Waals surface area contributed by atoms with Crippen LogP contribution in [0.4, 0.5) is 0 Å². The summed E-state index contributed by atoms with van der Waals surface area (Å²) in [5.74, 6) is -0.129. The van der Waals surface area contributed by atoms with E-state index in [9.17, 15) is 4.79 Å². The van der Waals surface area contributed by atoms with Gasteiger partial charge in [0.1, 0.15) is 0 Å². The molecule has 0 bridgehead atoms. The molecule has 0 saturated carbocycles. The number of carbonyl (C=O) groups is 1. The third kappa shape index (κ3) is 3.32. The van der Waals surface area contributed by atoms with E-state index in [2.05, 4.69) is 0 Å². The first-order chi connectivity index (χ1) is 6.09. The van der Waals surface area contributed by atoms with Gasteiger partial charge in [0.2, 0.25) is 5.91 Å². The maximum Gasteiger partial charge on any atom is 0.220 e. The van der Waals surface area contributed by atoms with Gasteiger partial charge in [-0.3, -0.25) is 9.63 Å². The summed E-state index contributed by atoms with van der Waals surface area (Å²) >= 11 is 0. The average Bonchev–Trinajstić information content (AvgIpc) is 2.04. The van der Waals surface area contributed by atoms with E-state index in [-0.39, 0.29) is 17.9 Å². The SMILES string of the molecule is CC(C)ON1CCC(C(N)=O)CC1. The van der Waals surface area contributed by atoms with Crippen LogP contribution in [-0.4, -0.2) is 30.2 Å². The Kier molecular flexibility index (Phi) is 3.69. The summed E-state index contributed by atoms with van der Waals surface area (Å²) in [5, 5.41) is 1.92. The highest BCUT2D eigenvalue weighted by molar-refractivity contribution is 5.76. The Labute approximate surface area is 79.0 Å². The molecule has 1 fully saturated rings. The average molecular weight is 186 g/mol. The Bertz CT molecular complexity index is 174. The number of hydrogen-bond donors (Lipinski definition) is 1. The molecular weight excluding hydrogens is 168 g/mol. The Morgan fingerprint density at radius 1 is 1.46 bits per heavy atom. The largest absolute Gasteiger partial charge is 0.369 e. The standard InChI is InChI=1S/C9H18N2O2/c1-7(2)13-11-5-3-8(4-6-11)9(10)12/h7-8H,3-6H2,1-2H3,(H2,10,12). The third-order valence-electron chi connectivity index (χ3n) is 2.22. The summed E-state index contributed by atoms with van der Waals surface area (Å²) in [5.41, 5.74) is 5.22. The molecule has 4 heteroatoms. The van der Waals surface area contributed by atoms with Crippen molar-refractivity contribution in [2.45, 2.75) is 32.8 Å². The van der Waals surface area contributed by atoms with E-state index in [0.29, 0.717) is 0 Å². The van der Waals surface area contributed by atoms with Gasteiger partial charge < -0.3 is 5.73 Å². The van der Waals surface area contributed by atoms with Crippen molar-refractivity contribution in [1.82, 2.24) is 5.06 Å². The molecule has 0 unspecified atom stereocenters. The van der Waals surface area contributed by atoms with Gasteiger partial charge in [-0.15, -0.1) is 0 Å². The predicted molar refractivity (Wildman–Crippen MR) is 49.7 cm³/mol.